The maximum absolute atomic E-state index is 14.0. The molecule has 5 rings (SSSR count). The molecular formula is C29H40F3N5O4S2. The Balaban J connectivity index is 1.45. The number of piperidine rings is 2. The zero-order valence-electron chi connectivity index (χ0n) is 24.5. The number of thioether (sulfide) groups is 1. The number of carbonyl (C=O) groups is 1. The second-order valence-corrected chi connectivity index (χ2v) is 14.8. The molecule has 1 atom stereocenters. The van der Waals surface area contributed by atoms with E-state index in [0.29, 0.717) is 42.9 Å². The maximum Gasteiger partial charge on any atom is 0.417 e. The van der Waals surface area contributed by atoms with Crippen molar-refractivity contribution in [1.29, 1.82) is 0 Å². The van der Waals surface area contributed by atoms with E-state index in [4.69, 9.17) is 5.10 Å². The molecule has 1 aromatic carbocycles. The first-order chi connectivity index (χ1) is 20.4. The number of benzene rings is 1. The van der Waals surface area contributed by atoms with Crippen molar-refractivity contribution in [3.05, 3.63) is 35.0 Å². The molecule has 1 N–H and O–H groups in total. The van der Waals surface area contributed by atoms with Gasteiger partial charge in [-0.15, -0.1) is 11.8 Å². The Labute approximate surface area is 255 Å². The molecular weight excluding hydrogens is 603 g/mol. The van der Waals surface area contributed by atoms with E-state index < -0.39 is 27.9 Å². The number of hydrogen-bond donors (Lipinski definition) is 1. The molecule has 2 saturated heterocycles. The van der Waals surface area contributed by atoms with Crippen LogP contribution in [0.2, 0.25) is 0 Å². The fourth-order valence-corrected chi connectivity index (χ4v) is 8.02. The molecule has 43 heavy (non-hydrogen) atoms. The summed E-state index contributed by atoms with van der Waals surface area (Å²) >= 11 is 0.866. The zero-order valence-corrected chi connectivity index (χ0v) is 26.1. The number of sulfonamides is 1. The molecule has 0 spiro atoms. The van der Waals surface area contributed by atoms with Gasteiger partial charge in [0.25, 0.3) is 0 Å². The monoisotopic (exact) mass is 643 g/mol. The third-order valence-corrected chi connectivity index (χ3v) is 10.8. The average molecular weight is 644 g/mol. The number of rotatable bonds is 9. The Morgan fingerprint density at radius 2 is 1.70 bits per heavy atom. The molecule has 9 nitrogen and oxygen atoms in total. The number of aliphatic hydroxyl groups is 1. The van der Waals surface area contributed by atoms with E-state index in [2.05, 4.69) is 4.90 Å². The second-order valence-electron chi connectivity index (χ2n) is 11.8. The van der Waals surface area contributed by atoms with Gasteiger partial charge < -0.3 is 14.9 Å². The molecule has 1 amide bonds. The fourth-order valence-electron chi connectivity index (χ4n) is 6.23. The van der Waals surface area contributed by atoms with E-state index >= 15 is 0 Å². The van der Waals surface area contributed by atoms with E-state index in [-0.39, 0.29) is 36.2 Å². The molecule has 0 bridgehead atoms. The van der Waals surface area contributed by atoms with Gasteiger partial charge in [-0.2, -0.15) is 22.6 Å². The number of hydrogen-bond acceptors (Lipinski definition) is 7. The van der Waals surface area contributed by atoms with Crippen molar-refractivity contribution >= 4 is 27.7 Å². The minimum atomic E-state index is -4.61. The number of aromatic nitrogens is 2. The maximum atomic E-state index is 14.0. The van der Waals surface area contributed by atoms with Crippen LogP contribution in [0.1, 0.15) is 55.3 Å². The smallest absolute Gasteiger partial charge is 0.390 e. The van der Waals surface area contributed by atoms with Gasteiger partial charge in [0.15, 0.2) is 0 Å². The highest BCUT2D eigenvalue weighted by Crippen LogP contribution is 2.40. The topological polar surface area (TPSA) is 99.0 Å². The van der Waals surface area contributed by atoms with Crippen LogP contribution in [0.5, 0.6) is 0 Å². The van der Waals surface area contributed by atoms with Crippen molar-refractivity contribution < 1.29 is 31.5 Å². The molecule has 1 unspecified atom stereocenters. The Kier molecular flexibility index (Phi) is 10.1. The van der Waals surface area contributed by atoms with Crippen LogP contribution in [0.15, 0.2) is 23.1 Å². The van der Waals surface area contributed by atoms with Gasteiger partial charge in [0.05, 0.1) is 35.9 Å². The summed E-state index contributed by atoms with van der Waals surface area (Å²) < 4.78 is 70.0. The molecule has 3 aliphatic heterocycles. The number of likely N-dealkylation sites (tertiary alicyclic amines) is 2. The lowest BCUT2D eigenvalue weighted by Gasteiger charge is -2.29. The van der Waals surface area contributed by atoms with Gasteiger partial charge in [0.1, 0.15) is 0 Å². The van der Waals surface area contributed by atoms with E-state index in [0.717, 1.165) is 75.0 Å². The predicted molar refractivity (Wildman–Crippen MR) is 159 cm³/mol. The third-order valence-electron chi connectivity index (χ3n) is 8.49. The van der Waals surface area contributed by atoms with Crippen molar-refractivity contribution in [1.82, 2.24) is 23.9 Å². The molecule has 1 aromatic heterocycles. The summed E-state index contributed by atoms with van der Waals surface area (Å²) in [4.78, 5) is 16.6. The minimum absolute atomic E-state index is 0.0443. The van der Waals surface area contributed by atoms with Crippen LogP contribution in [-0.4, -0.2) is 101 Å². The minimum Gasteiger partial charge on any atom is -0.390 e. The molecule has 4 heterocycles. The normalized spacial score (nSPS) is 19.8. The summed E-state index contributed by atoms with van der Waals surface area (Å²) in [5.41, 5.74) is 1.39. The standard InChI is InChI=1S/C29H40F3N5O4S2/c1-43(40,41)36-15-10-25-23(19-36)28(33-37(25)18-22(38)17-34-11-4-2-5-12-34)21-8-9-24(29(30,31)32)26(16-21)42-20-27(39)35-13-6-3-7-14-35/h8-9,16,22,38H,2-7,10-15,17-20H2,1H3. The van der Waals surface area contributed by atoms with Gasteiger partial charge in [-0.25, -0.2) is 8.42 Å². The lowest BCUT2D eigenvalue weighted by molar-refractivity contribution is -0.139. The van der Waals surface area contributed by atoms with Crippen molar-refractivity contribution in [3.63, 3.8) is 0 Å². The largest absolute Gasteiger partial charge is 0.417 e. The first-order valence-electron chi connectivity index (χ1n) is 15.0. The Hall–Kier alpha value is -2.13. The van der Waals surface area contributed by atoms with E-state index in [1.54, 1.807) is 9.58 Å². The number of halogens is 3. The molecule has 0 saturated carbocycles. The Bertz CT molecular complexity index is 1400. The number of carbonyl (C=O) groups excluding carboxylic acids is 1. The second kappa shape index (κ2) is 13.5. The van der Waals surface area contributed by atoms with Crippen molar-refractivity contribution in [2.24, 2.45) is 0 Å². The number of β-amino-alcohol motifs (C(OH)–C–C–N with tert-alkyl or cyclic N) is 1. The summed E-state index contributed by atoms with van der Waals surface area (Å²) in [6.45, 7) is 4.08. The number of nitrogens with zero attached hydrogens (tertiary/aromatic N) is 5. The summed E-state index contributed by atoms with van der Waals surface area (Å²) in [7, 11) is -3.52. The quantitative estimate of drug-likeness (QED) is 0.415. The third kappa shape index (κ3) is 7.94. The van der Waals surface area contributed by atoms with Crippen LogP contribution >= 0.6 is 11.8 Å². The molecule has 2 fully saturated rings. The lowest BCUT2D eigenvalue weighted by Crippen LogP contribution is -2.39. The van der Waals surface area contributed by atoms with E-state index in [1.165, 1.54) is 22.9 Å². The van der Waals surface area contributed by atoms with Crippen LogP contribution < -0.4 is 0 Å². The first kappa shape index (κ1) is 32.3. The van der Waals surface area contributed by atoms with Crippen molar-refractivity contribution in [2.45, 2.75) is 75.2 Å². The average Bonchev–Trinajstić information content (AvgIpc) is 3.33. The highest BCUT2D eigenvalue weighted by Gasteiger charge is 2.35. The van der Waals surface area contributed by atoms with E-state index in [1.807, 2.05) is 0 Å². The van der Waals surface area contributed by atoms with Gasteiger partial charge in [0, 0.05) is 60.9 Å². The van der Waals surface area contributed by atoms with Crippen LogP contribution in [-0.2, 0) is 40.5 Å². The van der Waals surface area contributed by atoms with Gasteiger partial charge >= 0.3 is 6.18 Å². The Morgan fingerprint density at radius 3 is 2.35 bits per heavy atom. The molecule has 0 aliphatic carbocycles. The van der Waals surface area contributed by atoms with Gasteiger partial charge in [0.2, 0.25) is 15.9 Å². The SMILES string of the molecule is CS(=O)(=O)N1CCc2c(c(-c3ccc(C(F)(F)F)c(SCC(=O)N4CCCCC4)c3)nn2CC(O)CN2CCCCC2)C1. The number of alkyl halides is 3. The van der Waals surface area contributed by atoms with Crippen molar-refractivity contribution in [3.8, 4) is 11.3 Å². The van der Waals surface area contributed by atoms with Crippen LogP contribution in [0, 0.1) is 0 Å². The van der Waals surface area contributed by atoms with Crippen LogP contribution in [0.25, 0.3) is 11.3 Å². The molecule has 238 valence electrons. The van der Waals surface area contributed by atoms with Gasteiger partial charge in [-0.05, 0) is 57.3 Å². The number of aliphatic hydroxyl groups excluding tert-OH is 1. The lowest BCUT2D eigenvalue weighted by atomic mass is 10.0. The van der Waals surface area contributed by atoms with Gasteiger partial charge in [-0.1, -0.05) is 12.5 Å². The van der Waals surface area contributed by atoms with Crippen molar-refractivity contribution in [2.75, 3.05) is 51.3 Å². The van der Waals surface area contributed by atoms with E-state index in [9.17, 15) is 31.5 Å². The number of amides is 1. The van der Waals surface area contributed by atoms with Crippen LogP contribution in [0.3, 0.4) is 0 Å². The summed E-state index contributed by atoms with van der Waals surface area (Å²) in [6, 6.07) is 3.78. The molecule has 3 aliphatic rings. The predicted octanol–water partition coefficient (Wildman–Crippen LogP) is 3.84. The highest BCUT2D eigenvalue weighted by atomic mass is 32.2. The summed E-state index contributed by atoms with van der Waals surface area (Å²) in [6.07, 6.45) is 2.38. The molecule has 14 heteroatoms. The van der Waals surface area contributed by atoms with Gasteiger partial charge in [-0.3, -0.25) is 9.48 Å². The fraction of sp³-hybridized carbons (Fsp3) is 0.655. The Morgan fingerprint density at radius 1 is 1.02 bits per heavy atom. The molecule has 2 aromatic rings. The summed E-state index contributed by atoms with van der Waals surface area (Å²) in [5.74, 6) is -0.291. The van der Waals surface area contributed by atoms with Crippen LogP contribution in [0.4, 0.5) is 13.2 Å². The molecule has 0 radical (unpaired) electrons. The highest BCUT2D eigenvalue weighted by molar-refractivity contribution is 8.00. The zero-order chi connectivity index (χ0) is 30.8. The summed E-state index contributed by atoms with van der Waals surface area (Å²) in [5, 5.41) is 15.7. The first-order valence-corrected chi connectivity index (χ1v) is 17.8. The number of fused-ring (bicyclic) bond motifs is 1.